The smallest absolute Gasteiger partial charge is 0.255 e. The van der Waals surface area contributed by atoms with Crippen LogP contribution >= 0.6 is 0 Å². The van der Waals surface area contributed by atoms with Crippen LogP contribution in [0.1, 0.15) is 37.0 Å². The Labute approximate surface area is 119 Å². The Morgan fingerprint density at radius 2 is 2.15 bits per heavy atom. The number of ether oxygens (including phenoxy) is 1. The molecule has 1 aliphatic rings. The first-order valence-electron chi connectivity index (χ1n) is 6.95. The van der Waals surface area contributed by atoms with Gasteiger partial charge in [-0.1, -0.05) is 6.07 Å². The summed E-state index contributed by atoms with van der Waals surface area (Å²) in [5.74, 6) is -0.0759. The highest BCUT2D eigenvalue weighted by Gasteiger charge is 2.27. The number of aromatic hydroxyl groups is 1. The Balaban J connectivity index is 2.09. The fourth-order valence-electron chi connectivity index (χ4n) is 2.64. The molecule has 5 heteroatoms. The summed E-state index contributed by atoms with van der Waals surface area (Å²) < 4.78 is 5.02. The maximum absolute atomic E-state index is 12.3. The molecule has 0 aliphatic carbocycles. The molecule has 0 bridgehead atoms. The first kappa shape index (κ1) is 14.7. The molecular formula is C15H22N2O3. The molecule has 110 valence electrons. The average molecular weight is 278 g/mol. The molecule has 2 rings (SSSR count). The van der Waals surface area contributed by atoms with Gasteiger partial charge in [-0.3, -0.25) is 4.79 Å². The zero-order chi connectivity index (χ0) is 14.7. The van der Waals surface area contributed by atoms with Crippen LogP contribution in [-0.2, 0) is 0 Å². The molecule has 1 aromatic carbocycles. The number of benzene rings is 1. The van der Waals surface area contributed by atoms with Crippen LogP contribution in [-0.4, -0.2) is 36.2 Å². The van der Waals surface area contributed by atoms with Gasteiger partial charge in [0.1, 0.15) is 0 Å². The van der Waals surface area contributed by atoms with Crippen molar-refractivity contribution in [1.29, 1.82) is 0 Å². The van der Waals surface area contributed by atoms with Crippen LogP contribution < -0.4 is 15.4 Å². The van der Waals surface area contributed by atoms with Crippen LogP contribution in [0, 0.1) is 0 Å². The lowest BCUT2D eigenvalue weighted by molar-refractivity contribution is 0.0911. The van der Waals surface area contributed by atoms with Gasteiger partial charge in [-0.25, -0.2) is 0 Å². The standard InChI is InChI=1S/C15H22N2O3/c1-9-7-8-12(10(2)16-9)17-15(19)11-5-4-6-13(20-3)14(11)18/h4-6,9-10,12,16,18H,7-8H2,1-3H3,(H,17,19). The monoisotopic (exact) mass is 278 g/mol. The van der Waals surface area contributed by atoms with Crippen molar-refractivity contribution in [2.75, 3.05) is 7.11 Å². The second kappa shape index (κ2) is 6.13. The molecule has 0 spiro atoms. The van der Waals surface area contributed by atoms with Crippen LogP contribution in [0.4, 0.5) is 0 Å². The average Bonchev–Trinajstić information content (AvgIpc) is 2.42. The van der Waals surface area contributed by atoms with E-state index in [4.69, 9.17) is 4.74 Å². The predicted octanol–water partition coefficient (Wildman–Crippen LogP) is 1.66. The van der Waals surface area contributed by atoms with Crippen molar-refractivity contribution in [2.45, 2.75) is 44.8 Å². The molecular weight excluding hydrogens is 256 g/mol. The highest BCUT2D eigenvalue weighted by molar-refractivity contribution is 5.97. The second-order valence-electron chi connectivity index (χ2n) is 5.37. The summed E-state index contributed by atoms with van der Waals surface area (Å²) in [5, 5.41) is 16.4. The molecule has 1 fully saturated rings. The summed E-state index contributed by atoms with van der Waals surface area (Å²) in [4.78, 5) is 12.3. The van der Waals surface area contributed by atoms with Crippen molar-refractivity contribution in [3.05, 3.63) is 23.8 Å². The van der Waals surface area contributed by atoms with Crippen molar-refractivity contribution in [3.8, 4) is 11.5 Å². The number of para-hydroxylation sites is 1. The Morgan fingerprint density at radius 3 is 2.80 bits per heavy atom. The molecule has 1 saturated heterocycles. The van der Waals surface area contributed by atoms with E-state index in [9.17, 15) is 9.90 Å². The molecule has 1 amide bonds. The molecule has 1 aromatic rings. The molecule has 0 aromatic heterocycles. The van der Waals surface area contributed by atoms with Crippen molar-refractivity contribution in [3.63, 3.8) is 0 Å². The molecule has 3 N–H and O–H groups in total. The van der Waals surface area contributed by atoms with Crippen LogP contribution in [0.25, 0.3) is 0 Å². The fraction of sp³-hybridized carbons (Fsp3) is 0.533. The Hall–Kier alpha value is -1.75. The third kappa shape index (κ3) is 3.04. The van der Waals surface area contributed by atoms with Gasteiger partial charge < -0.3 is 20.5 Å². The molecule has 1 heterocycles. The number of piperidine rings is 1. The van der Waals surface area contributed by atoms with Gasteiger partial charge in [0, 0.05) is 18.1 Å². The Kier molecular flexibility index (Phi) is 4.49. The SMILES string of the molecule is COc1cccc(C(=O)NC2CCC(C)NC2C)c1O. The van der Waals surface area contributed by atoms with E-state index in [2.05, 4.69) is 24.5 Å². The summed E-state index contributed by atoms with van der Waals surface area (Å²) in [7, 11) is 1.46. The topological polar surface area (TPSA) is 70.6 Å². The van der Waals surface area contributed by atoms with Crippen molar-refractivity contribution in [2.24, 2.45) is 0 Å². The van der Waals surface area contributed by atoms with Gasteiger partial charge in [0.05, 0.1) is 12.7 Å². The van der Waals surface area contributed by atoms with E-state index in [-0.39, 0.29) is 29.3 Å². The molecule has 20 heavy (non-hydrogen) atoms. The van der Waals surface area contributed by atoms with Crippen LogP contribution in [0.5, 0.6) is 11.5 Å². The number of hydrogen-bond donors (Lipinski definition) is 3. The lowest BCUT2D eigenvalue weighted by atomic mass is 9.95. The Morgan fingerprint density at radius 1 is 1.40 bits per heavy atom. The number of carbonyl (C=O) groups excluding carboxylic acids is 1. The van der Waals surface area contributed by atoms with E-state index in [1.165, 1.54) is 7.11 Å². The number of phenols is 1. The third-order valence-electron chi connectivity index (χ3n) is 3.84. The Bertz CT molecular complexity index is 490. The minimum absolute atomic E-state index is 0.0734. The normalized spacial score (nSPS) is 26.1. The van der Waals surface area contributed by atoms with Gasteiger partial charge in [0.15, 0.2) is 11.5 Å². The van der Waals surface area contributed by atoms with Crippen LogP contribution in [0.15, 0.2) is 18.2 Å². The van der Waals surface area contributed by atoms with Crippen molar-refractivity contribution in [1.82, 2.24) is 10.6 Å². The molecule has 3 atom stereocenters. The minimum Gasteiger partial charge on any atom is -0.504 e. The molecule has 5 nitrogen and oxygen atoms in total. The number of amides is 1. The van der Waals surface area contributed by atoms with Crippen LogP contribution in [0.3, 0.4) is 0 Å². The third-order valence-corrected chi connectivity index (χ3v) is 3.84. The maximum Gasteiger partial charge on any atom is 0.255 e. The van der Waals surface area contributed by atoms with Gasteiger partial charge in [-0.15, -0.1) is 0 Å². The lowest BCUT2D eigenvalue weighted by Gasteiger charge is -2.34. The quantitative estimate of drug-likeness (QED) is 0.786. The molecule has 1 aliphatic heterocycles. The predicted molar refractivity (Wildman–Crippen MR) is 77.2 cm³/mol. The van der Waals surface area contributed by atoms with Gasteiger partial charge in [0.25, 0.3) is 5.91 Å². The van der Waals surface area contributed by atoms with Gasteiger partial charge in [0.2, 0.25) is 0 Å². The number of carbonyl (C=O) groups is 1. The summed E-state index contributed by atoms with van der Waals surface area (Å²) in [5.41, 5.74) is 0.246. The largest absolute Gasteiger partial charge is 0.504 e. The number of rotatable bonds is 3. The summed E-state index contributed by atoms with van der Waals surface area (Å²) in [6.07, 6.45) is 1.96. The fourth-order valence-corrected chi connectivity index (χ4v) is 2.64. The molecule has 3 unspecified atom stereocenters. The van der Waals surface area contributed by atoms with E-state index >= 15 is 0 Å². The lowest BCUT2D eigenvalue weighted by Crippen LogP contribution is -2.54. The first-order chi connectivity index (χ1) is 9.52. The number of methoxy groups -OCH3 is 1. The van der Waals surface area contributed by atoms with E-state index in [1.54, 1.807) is 18.2 Å². The van der Waals surface area contributed by atoms with E-state index in [0.29, 0.717) is 11.8 Å². The first-order valence-corrected chi connectivity index (χ1v) is 6.95. The number of phenolic OH excluding ortho intramolecular Hbond substituents is 1. The molecule has 0 saturated carbocycles. The highest BCUT2D eigenvalue weighted by atomic mass is 16.5. The zero-order valence-electron chi connectivity index (χ0n) is 12.1. The number of nitrogens with one attached hydrogen (secondary N) is 2. The van der Waals surface area contributed by atoms with Gasteiger partial charge >= 0.3 is 0 Å². The van der Waals surface area contributed by atoms with Gasteiger partial charge in [-0.2, -0.15) is 0 Å². The van der Waals surface area contributed by atoms with E-state index in [0.717, 1.165) is 12.8 Å². The zero-order valence-corrected chi connectivity index (χ0v) is 12.1. The maximum atomic E-state index is 12.3. The van der Waals surface area contributed by atoms with Crippen molar-refractivity contribution >= 4 is 5.91 Å². The van der Waals surface area contributed by atoms with Crippen molar-refractivity contribution < 1.29 is 14.6 Å². The number of hydrogen-bond acceptors (Lipinski definition) is 4. The van der Waals surface area contributed by atoms with E-state index < -0.39 is 0 Å². The summed E-state index contributed by atoms with van der Waals surface area (Å²) in [6.45, 7) is 4.20. The minimum atomic E-state index is -0.269. The van der Waals surface area contributed by atoms with E-state index in [1.807, 2.05) is 0 Å². The van der Waals surface area contributed by atoms with Gasteiger partial charge in [-0.05, 0) is 38.8 Å². The van der Waals surface area contributed by atoms with Crippen LogP contribution in [0.2, 0.25) is 0 Å². The molecule has 0 radical (unpaired) electrons. The second-order valence-corrected chi connectivity index (χ2v) is 5.37. The summed E-state index contributed by atoms with van der Waals surface area (Å²) in [6, 6.07) is 5.68. The summed E-state index contributed by atoms with van der Waals surface area (Å²) >= 11 is 0. The highest BCUT2D eigenvalue weighted by Crippen LogP contribution is 2.29.